The maximum atomic E-state index is 11.0. The highest BCUT2D eigenvalue weighted by Crippen LogP contribution is 2.24. The molecular weight excluding hydrogens is 180 g/mol. The van der Waals surface area contributed by atoms with E-state index in [9.17, 15) is 4.79 Å². The number of hydrogen-bond acceptors (Lipinski definition) is 3. The normalized spacial score (nSPS) is 26.3. The molecule has 0 aromatic rings. The first-order chi connectivity index (χ1) is 6.77. The topological polar surface area (TPSA) is 35.5 Å². The van der Waals surface area contributed by atoms with E-state index in [1.54, 1.807) is 0 Å². The molecule has 1 rings (SSSR count). The highest BCUT2D eigenvalue weighted by molar-refractivity contribution is 5.81. The summed E-state index contributed by atoms with van der Waals surface area (Å²) in [6, 6.07) is 0. The molecule has 0 amide bonds. The Kier molecular flexibility index (Phi) is 4.23. The van der Waals surface area contributed by atoms with E-state index in [-0.39, 0.29) is 18.2 Å². The second-order valence-electron chi connectivity index (χ2n) is 3.31. The monoisotopic (exact) mass is 196 g/mol. The smallest absolute Gasteiger partial charge is 0.330 e. The van der Waals surface area contributed by atoms with Crippen molar-refractivity contribution in [1.29, 1.82) is 0 Å². The first-order valence-electron chi connectivity index (χ1n) is 4.87. The highest BCUT2D eigenvalue weighted by atomic mass is 16.6. The average Bonchev–Trinajstić information content (AvgIpc) is 2.21. The summed E-state index contributed by atoms with van der Waals surface area (Å²) in [5.41, 5.74) is 0. The molecule has 78 valence electrons. The Balaban J connectivity index is 2.48. The minimum atomic E-state index is -0.380. The SMILES string of the molecule is C=COC1CCCCC1OC(=O)C=C. The molecule has 3 nitrogen and oxygen atoms in total. The van der Waals surface area contributed by atoms with E-state index in [0.717, 1.165) is 25.7 Å². The highest BCUT2D eigenvalue weighted by Gasteiger charge is 2.28. The van der Waals surface area contributed by atoms with Crippen LogP contribution in [0.2, 0.25) is 0 Å². The van der Waals surface area contributed by atoms with E-state index >= 15 is 0 Å². The number of ether oxygens (including phenoxy) is 2. The molecule has 2 atom stereocenters. The van der Waals surface area contributed by atoms with Gasteiger partial charge in [-0.05, 0) is 25.7 Å². The Morgan fingerprint density at radius 3 is 2.43 bits per heavy atom. The van der Waals surface area contributed by atoms with Gasteiger partial charge in [-0.2, -0.15) is 0 Å². The predicted octanol–water partition coefficient (Wildman–Crippen LogP) is 2.19. The van der Waals surface area contributed by atoms with E-state index in [2.05, 4.69) is 13.2 Å². The summed E-state index contributed by atoms with van der Waals surface area (Å²) < 4.78 is 10.5. The molecule has 1 aliphatic rings. The van der Waals surface area contributed by atoms with Crippen molar-refractivity contribution in [3.8, 4) is 0 Å². The fourth-order valence-electron chi connectivity index (χ4n) is 1.67. The van der Waals surface area contributed by atoms with Crippen molar-refractivity contribution in [2.24, 2.45) is 0 Å². The molecule has 0 radical (unpaired) electrons. The fraction of sp³-hybridized carbons (Fsp3) is 0.545. The summed E-state index contributed by atoms with van der Waals surface area (Å²) in [4.78, 5) is 11.0. The molecule has 1 aliphatic carbocycles. The van der Waals surface area contributed by atoms with Crippen LogP contribution >= 0.6 is 0 Å². The van der Waals surface area contributed by atoms with Gasteiger partial charge in [0, 0.05) is 6.08 Å². The molecule has 14 heavy (non-hydrogen) atoms. The van der Waals surface area contributed by atoms with Gasteiger partial charge in [0.05, 0.1) is 6.26 Å². The number of carbonyl (C=O) groups is 1. The van der Waals surface area contributed by atoms with Crippen LogP contribution in [0.15, 0.2) is 25.5 Å². The Morgan fingerprint density at radius 2 is 1.86 bits per heavy atom. The minimum absolute atomic E-state index is 0.0369. The summed E-state index contributed by atoms with van der Waals surface area (Å²) in [6.07, 6.45) is 6.37. The van der Waals surface area contributed by atoms with E-state index in [1.807, 2.05) is 0 Å². The molecule has 1 fully saturated rings. The maximum absolute atomic E-state index is 11.0. The summed E-state index contributed by atoms with van der Waals surface area (Å²) in [5, 5.41) is 0. The standard InChI is InChI=1S/C11H16O3/c1-3-11(12)14-10-8-6-5-7-9(10)13-4-2/h3-4,9-10H,1-2,5-8H2. The van der Waals surface area contributed by atoms with Gasteiger partial charge in [0.25, 0.3) is 0 Å². The zero-order valence-corrected chi connectivity index (χ0v) is 8.28. The van der Waals surface area contributed by atoms with Gasteiger partial charge in [0.2, 0.25) is 0 Å². The van der Waals surface area contributed by atoms with Crippen LogP contribution in [0, 0.1) is 0 Å². The lowest BCUT2D eigenvalue weighted by Crippen LogP contribution is -2.35. The summed E-state index contributed by atoms with van der Waals surface area (Å²) in [6.45, 7) is 6.87. The molecule has 0 heterocycles. The number of hydrogen-bond donors (Lipinski definition) is 0. The predicted molar refractivity (Wildman–Crippen MR) is 53.6 cm³/mol. The van der Waals surface area contributed by atoms with Crippen LogP contribution in [0.3, 0.4) is 0 Å². The molecule has 0 aromatic heterocycles. The first kappa shape index (κ1) is 10.8. The van der Waals surface area contributed by atoms with Crippen LogP contribution in [0.25, 0.3) is 0 Å². The maximum Gasteiger partial charge on any atom is 0.330 e. The second-order valence-corrected chi connectivity index (χ2v) is 3.31. The average molecular weight is 196 g/mol. The van der Waals surface area contributed by atoms with Crippen LogP contribution in [0.5, 0.6) is 0 Å². The van der Waals surface area contributed by atoms with Crippen molar-refractivity contribution in [2.75, 3.05) is 0 Å². The Morgan fingerprint density at radius 1 is 1.21 bits per heavy atom. The Bertz CT molecular complexity index is 223. The minimum Gasteiger partial charge on any atom is -0.495 e. The summed E-state index contributed by atoms with van der Waals surface area (Å²) in [7, 11) is 0. The molecule has 0 saturated heterocycles. The summed E-state index contributed by atoms with van der Waals surface area (Å²) >= 11 is 0. The molecule has 1 saturated carbocycles. The molecule has 3 heteroatoms. The number of esters is 1. The van der Waals surface area contributed by atoms with Crippen LogP contribution in [0.4, 0.5) is 0 Å². The van der Waals surface area contributed by atoms with Crippen LogP contribution in [-0.4, -0.2) is 18.2 Å². The lowest BCUT2D eigenvalue weighted by Gasteiger charge is -2.29. The van der Waals surface area contributed by atoms with Gasteiger partial charge in [-0.3, -0.25) is 0 Å². The Hall–Kier alpha value is -1.25. The quantitative estimate of drug-likeness (QED) is 0.393. The van der Waals surface area contributed by atoms with Gasteiger partial charge in [-0.25, -0.2) is 4.79 Å². The van der Waals surface area contributed by atoms with E-state index in [1.165, 1.54) is 12.3 Å². The largest absolute Gasteiger partial charge is 0.495 e. The van der Waals surface area contributed by atoms with Crippen LogP contribution < -0.4 is 0 Å². The van der Waals surface area contributed by atoms with Crippen LogP contribution in [0.1, 0.15) is 25.7 Å². The molecular formula is C11H16O3. The zero-order valence-electron chi connectivity index (χ0n) is 8.28. The lowest BCUT2D eigenvalue weighted by atomic mass is 9.94. The van der Waals surface area contributed by atoms with Gasteiger partial charge in [0.1, 0.15) is 12.2 Å². The first-order valence-corrected chi connectivity index (χ1v) is 4.87. The zero-order chi connectivity index (χ0) is 10.4. The lowest BCUT2D eigenvalue weighted by molar-refractivity contribution is -0.151. The number of rotatable bonds is 4. The van der Waals surface area contributed by atoms with Gasteiger partial charge in [0.15, 0.2) is 0 Å². The number of carbonyl (C=O) groups excluding carboxylic acids is 1. The van der Waals surface area contributed by atoms with Crippen molar-refractivity contribution < 1.29 is 14.3 Å². The van der Waals surface area contributed by atoms with E-state index in [0.29, 0.717) is 0 Å². The molecule has 2 unspecified atom stereocenters. The van der Waals surface area contributed by atoms with Crippen molar-refractivity contribution in [3.05, 3.63) is 25.5 Å². The third-order valence-corrected chi connectivity index (χ3v) is 2.35. The van der Waals surface area contributed by atoms with Crippen molar-refractivity contribution in [2.45, 2.75) is 37.9 Å². The molecule has 0 N–H and O–H groups in total. The van der Waals surface area contributed by atoms with Crippen LogP contribution in [-0.2, 0) is 14.3 Å². The van der Waals surface area contributed by atoms with E-state index in [4.69, 9.17) is 9.47 Å². The van der Waals surface area contributed by atoms with Crippen molar-refractivity contribution in [3.63, 3.8) is 0 Å². The molecule has 0 spiro atoms. The van der Waals surface area contributed by atoms with Crippen molar-refractivity contribution in [1.82, 2.24) is 0 Å². The van der Waals surface area contributed by atoms with E-state index < -0.39 is 0 Å². The molecule has 0 aromatic carbocycles. The molecule has 0 aliphatic heterocycles. The fourth-order valence-corrected chi connectivity index (χ4v) is 1.67. The van der Waals surface area contributed by atoms with Crippen molar-refractivity contribution >= 4 is 5.97 Å². The Labute approximate surface area is 84.4 Å². The third kappa shape index (κ3) is 2.91. The second kappa shape index (κ2) is 5.47. The van der Waals surface area contributed by atoms with Gasteiger partial charge in [-0.1, -0.05) is 13.2 Å². The summed E-state index contributed by atoms with van der Waals surface area (Å²) in [5.74, 6) is -0.380. The third-order valence-electron chi connectivity index (χ3n) is 2.35. The van der Waals surface area contributed by atoms with Gasteiger partial charge < -0.3 is 9.47 Å². The van der Waals surface area contributed by atoms with Gasteiger partial charge >= 0.3 is 5.97 Å². The van der Waals surface area contributed by atoms with Gasteiger partial charge in [-0.15, -0.1) is 0 Å². The molecule has 0 bridgehead atoms.